The van der Waals surface area contributed by atoms with Gasteiger partial charge >= 0.3 is 0 Å². The maximum atomic E-state index is 13.4. The Labute approximate surface area is 189 Å². The second kappa shape index (κ2) is 8.35. The third kappa shape index (κ3) is 3.67. The maximum Gasteiger partial charge on any atom is 0.295 e. The van der Waals surface area contributed by atoms with Gasteiger partial charge in [-0.3, -0.25) is 14.6 Å². The van der Waals surface area contributed by atoms with E-state index in [2.05, 4.69) is 9.97 Å². The number of hydrogen-bond acceptors (Lipinski definition) is 4. The number of carbonyl (C=O) groups excluding carboxylic acids is 2. The zero-order valence-corrected chi connectivity index (χ0v) is 17.5. The first kappa shape index (κ1) is 20.6. The molecule has 4 aromatic rings. The van der Waals surface area contributed by atoms with Gasteiger partial charge in [0.25, 0.3) is 11.7 Å². The number of hydrogen-bond donors (Lipinski definition) is 2. The number of rotatable bonds is 5. The summed E-state index contributed by atoms with van der Waals surface area (Å²) < 4.78 is 13.4. The second-order valence-electron chi connectivity index (χ2n) is 7.86. The number of Topliss-reactive ketones (excluding diaryl/α,β-unsaturated/α-hetero) is 1. The number of fused-ring (bicyclic) bond motifs is 1. The number of nitrogens with one attached hydrogen (secondary N) is 1. The Kier molecular flexibility index (Phi) is 5.22. The van der Waals surface area contributed by atoms with Crippen molar-refractivity contribution in [1.82, 2.24) is 14.9 Å². The number of likely N-dealkylation sites (tertiary alicyclic amines) is 1. The summed E-state index contributed by atoms with van der Waals surface area (Å²) in [5.41, 5.74) is 2.69. The highest BCUT2D eigenvalue weighted by Gasteiger charge is 2.46. The molecule has 33 heavy (non-hydrogen) atoms. The molecular weight excluding hydrogens is 421 g/mol. The summed E-state index contributed by atoms with van der Waals surface area (Å²) in [6.07, 6.45) is 3.99. The lowest BCUT2D eigenvalue weighted by molar-refractivity contribution is -0.139. The summed E-state index contributed by atoms with van der Waals surface area (Å²) in [5.74, 6) is -2.30. The van der Waals surface area contributed by atoms with E-state index >= 15 is 0 Å². The summed E-state index contributed by atoms with van der Waals surface area (Å²) >= 11 is 0. The van der Waals surface area contributed by atoms with Crippen LogP contribution in [0.15, 0.2) is 84.7 Å². The van der Waals surface area contributed by atoms with Crippen LogP contribution < -0.4 is 0 Å². The van der Waals surface area contributed by atoms with Crippen LogP contribution >= 0.6 is 0 Å². The number of nitrogens with zero attached hydrogens (tertiary/aromatic N) is 2. The van der Waals surface area contributed by atoms with Crippen molar-refractivity contribution < 1.29 is 19.1 Å². The molecule has 1 aliphatic rings. The fraction of sp³-hybridized carbons (Fsp3) is 0.115. The van der Waals surface area contributed by atoms with Gasteiger partial charge in [0.05, 0.1) is 11.3 Å². The molecule has 0 saturated carbocycles. The molecular formula is C26H20FN3O3. The molecule has 3 heterocycles. The standard InChI is InChI=1S/C26H20FN3O3/c27-18-10-8-16(9-11-18)24(31)22-23(21-7-3-4-13-28-21)30(26(33)25(22)32)14-12-17-15-29-20-6-2-1-5-19(17)20/h1-11,13,15,23,29,31H,12,14H2/t23-/m0/s1. The molecule has 0 bridgehead atoms. The van der Waals surface area contributed by atoms with Crippen LogP contribution in [0.4, 0.5) is 4.39 Å². The number of carbonyl (C=O) groups is 2. The first-order valence-electron chi connectivity index (χ1n) is 10.5. The van der Waals surface area contributed by atoms with Gasteiger partial charge in [-0.05, 0) is 54.4 Å². The molecule has 2 N–H and O–H groups in total. The van der Waals surface area contributed by atoms with E-state index in [1.54, 1.807) is 24.4 Å². The minimum absolute atomic E-state index is 0.0516. The molecule has 0 spiro atoms. The molecule has 1 saturated heterocycles. The number of aromatic nitrogens is 2. The molecule has 1 aliphatic heterocycles. The Bertz CT molecular complexity index is 1380. The lowest BCUT2D eigenvalue weighted by atomic mass is 9.98. The number of aliphatic hydroxyl groups is 1. The highest BCUT2D eigenvalue weighted by molar-refractivity contribution is 6.46. The van der Waals surface area contributed by atoms with Crippen molar-refractivity contribution in [3.63, 3.8) is 0 Å². The van der Waals surface area contributed by atoms with Crippen molar-refractivity contribution in [2.24, 2.45) is 0 Å². The summed E-state index contributed by atoms with van der Waals surface area (Å²) in [6.45, 7) is 0.258. The van der Waals surface area contributed by atoms with Crippen molar-refractivity contribution in [2.75, 3.05) is 6.54 Å². The number of amides is 1. The summed E-state index contributed by atoms with van der Waals surface area (Å²) in [4.78, 5) is 35.1. The Balaban J connectivity index is 1.55. The first-order valence-corrected chi connectivity index (χ1v) is 10.5. The third-order valence-corrected chi connectivity index (χ3v) is 5.92. The quantitative estimate of drug-likeness (QED) is 0.274. The van der Waals surface area contributed by atoms with Crippen LogP contribution in [0.25, 0.3) is 16.7 Å². The Morgan fingerprint density at radius 1 is 1.03 bits per heavy atom. The van der Waals surface area contributed by atoms with E-state index < -0.39 is 23.5 Å². The van der Waals surface area contributed by atoms with Crippen LogP contribution in [0.1, 0.15) is 22.9 Å². The highest BCUT2D eigenvalue weighted by Crippen LogP contribution is 2.38. The van der Waals surface area contributed by atoms with Crippen molar-refractivity contribution in [1.29, 1.82) is 0 Å². The SMILES string of the molecule is O=C1C(=O)N(CCc2c[nH]c3ccccc23)[C@@H](c2ccccn2)C1=C(O)c1ccc(F)cc1. The number of H-pyrrole nitrogens is 1. The number of aliphatic hydroxyl groups excluding tert-OH is 1. The van der Waals surface area contributed by atoms with Gasteiger partial charge in [-0.2, -0.15) is 0 Å². The van der Waals surface area contributed by atoms with Gasteiger partial charge in [0.1, 0.15) is 17.6 Å². The predicted molar refractivity (Wildman–Crippen MR) is 122 cm³/mol. The van der Waals surface area contributed by atoms with Gasteiger partial charge in [0.15, 0.2) is 0 Å². The van der Waals surface area contributed by atoms with Crippen LogP contribution in [0.5, 0.6) is 0 Å². The summed E-state index contributed by atoms with van der Waals surface area (Å²) in [6, 6.07) is 17.4. The van der Waals surface area contributed by atoms with E-state index in [4.69, 9.17) is 0 Å². The topological polar surface area (TPSA) is 86.3 Å². The zero-order valence-electron chi connectivity index (χ0n) is 17.5. The maximum absolute atomic E-state index is 13.4. The van der Waals surface area contributed by atoms with Gasteiger partial charge < -0.3 is 15.0 Å². The van der Waals surface area contributed by atoms with E-state index in [1.807, 2.05) is 30.5 Å². The minimum Gasteiger partial charge on any atom is -0.507 e. The monoisotopic (exact) mass is 441 g/mol. The molecule has 5 rings (SSSR count). The number of aromatic amines is 1. The first-order chi connectivity index (χ1) is 16.0. The number of para-hydroxylation sites is 1. The Hall–Kier alpha value is -4.26. The normalized spacial score (nSPS) is 17.7. The van der Waals surface area contributed by atoms with Gasteiger partial charge in [0.2, 0.25) is 0 Å². The molecule has 0 unspecified atom stereocenters. The smallest absolute Gasteiger partial charge is 0.295 e. The van der Waals surface area contributed by atoms with Gasteiger partial charge in [-0.1, -0.05) is 24.3 Å². The van der Waals surface area contributed by atoms with Crippen molar-refractivity contribution in [3.8, 4) is 0 Å². The molecule has 1 amide bonds. The highest BCUT2D eigenvalue weighted by atomic mass is 19.1. The molecule has 6 nitrogen and oxygen atoms in total. The van der Waals surface area contributed by atoms with Crippen molar-refractivity contribution in [3.05, 3.63) is 107 Å². The van der Waals surface area contributed by atoms with Crippen LogP contribution in [0, 0.1) is 5.82 Å². The van der Waals surface area contributed by atoms with E-state index in [9.17, 15) is 19.1 Å². The molecule has 0 aliphatic carbocycles. The largest absolute Gasteiger partial charge is 0.507 e. The van der Waals surface area contributed by atoms with E-state index in [-0.39, 0.29) is 23.4 Å². The van der Waals surface area contributed by atoms with E-state index in [0.717, 1.165) is 16.5 Å². The van der Waals surface area contributed by atoms with E-state index in [0.29, 0.717) is 12.1 Å². The lowest BCUT2D eigenvalue weighted by Crippen LogP contribution is -2.32. The van der Waals surface area contributed by atoms with E-state index in [1.165, 1.54) is 29.2 Å². The average molecular weight is 441 g/mol. The van der Waals surface area contributed by atoms with Crippen LogP contribution in [-0.2, 0) is 16.0 Å². The van der Waals surface area contributed by atoms with Crippen LogP contribution in [-0.4, -0.2) is 38.2 Å². The second-order valence-corrected chi connectivity index (χ2v) is 7.86. The molecule has 1 atom stereocenters. The van der Waals surface area contributed by atoms with Gasteiger partial charge in [-0.25, -0.2) is 4.39 Å². The molecule has 1 fully saturated rings. The lowest BCUT2D eigenvalue weighted by Gasteiger charge is -2.24. The predicted octanol–water partition coefficient (Wildman–Crippen LogP) is 4.37. The molecule has 2 aromatic carbocycles. The number of ketones is 1. The molecule has 0 radical (unpaired) electrons. The number of benzene rings is 2. The molecule has 2 aromatic heterocycles. The number of halogens is 1. The van der Waals surface area contributed by atoms with Crippen LogP contribution in [0.3, 0.4) is 0 Å². The summed E-state index contributed by atoms with van der Waals surface area (Å²) in [5, 5.41) is 12.0. The van der Waals surface area contributed by atoms with Crippen molar-refractivity contribution >= 4 is 28.4 Å². The molecule has 7 heteroatoms. The fourth-order valence-electron chi connectivity index (χ4n) is 4.30. The average Bonchev–Trinajstić information content (AvgIpc) is 3.37. The fourth-order valence-corrected chi connectivity index (χ4v) is 4.30. The van der Waals surface area contributed by atoms with Crippen molar-refractivity contribution in [2.45, 2.75) is 12.5 Å². The summed E-state index contributed by atoms with van der Waals surface area (Å²) in [7, 11) is 0. The van der Waals surface area contributed by atoms with Gasteiger partial charge in [0, 0.05) is 35.4 Å². The molecule has 164 valence electrons. The Morgan fingerprint density at radius 2 is 1.79 bits per heavy atom. The Morgan fingerprint density at radius 3 is 2.55 bits per heavy atom. The minimum atomic E-state index is -0.846. The number of pyridine rings is 1. The van der Waals surface area contributed by atoms with Crippen LogP contribution in [0.2, 0.25) is 0 Å². The zero-order chi connectivity index (χ0) is 22.9. The third-order valence-electron chi connectivity index (χ3n) is 5.92. The van der Waals surface area contributed by atoms with Gasteiger partial charge in [-0.15, -0.1) is 0 Å².